The number of ether oxygens (including phenoxy) is 2. The van der Waals surface area contributed by atoms with Crippen molar-refractivity contribution in [3.05, 3.63) is 0 Å². The van der Waals surface area contributed by atoms with Crippen molar-refractivity contribution in [3.8, 4) is 0 Å². The molecule has 0 spiro atoms. The molecular weight excluding hydrogens is 268 g/mol. The van der Waals surface area contributed by atoms with Crippen molar-refractivity contribution in [1.82, 2.24) is 0 Å². The van der Waals surface area contributed by atoms with Gasteiger partial charge in [0.15, 0.2) is 0 Å². The molecule has 0 aromatic carbocycles. The van der Waals surface area contributed by atoms with Crippen LogP contribution in [-0.2, 0) is 19.1 Å². The molecule has 124 valence electrons. The van der Waals surface area contributed by atoms with Crippen molar-refractivity contribution in [2.45, 2.75) is 91.8 Å². The molecule has 0 heterocycles. The van der Waals surface area contributed by atoms with Gasteiger partial charge in [-0.2, -0.15) is 0 Å². The van der Waals surface area contributed by atoms with Crippen LogP contribution in [0.5, 0.6) is 0 Å². The summed E-state index contributed by atoms with van der Waals surface area (Å²) in [5, 5.41) is 0. The Morgan fingerprint density at radius 2 is 1.52 bits per heavy atom. The Bertz CT molecular complexity index is 343. The van der Waals surface area contributed by atoms with E-state index in [1.165, 1.54) is 0 Å². The fraction of sp³-hybridized carbons (Fsp3) is 0.882. The summed E-state index contributed by atoms with van der Waals surface area (Å²) >= 11 is 0. The van der Waals surface area contributed by atoms with E-state index >= 15 is 0 Å². The van der Waals surface area contributed by atoms with Crippen LogP contribution >= 0.6 is 0 Å². The lowest BCUT2D eigenvalue weighted by atomic mass is 10.00. The zero-order valence-electron chi connectivity index (χ0n) is 14.7. The molecule has 0 radical (unpaired) electrons. The number of unbranched alkanes of at least 4 members (excludes halogenated alkanes) is 1. The van der Waals surface area contributed by atoms with Gasteiger partial charge < -0.3 is 9.47 Å². The molecular formula is C17H32O4. The molecule has 4 heteroatoms. The number of carbonyl (C=O) groups is 2. The molecule has 0 aliphatic carbocycles. The fourth-order valence-electron chi connectivity index (χ4n) is 1.69. The van der Waals surface area contributed by atoms with Gasteiger partial charge in [-0.1, -0.05) is 20.8 Å². The SMILES string of the molecule is CCC(C)(C)OC(=O)CCCCC(C)(C)OC(=O)C(C)C. The van der Waals surface area contributed by atoms with Crippen LogP contribution in [0.25, 0.3) is 0 Å². The van der Waals surface area contributed by atoms with E-state index in [1.807, 2.05) is 48.5 Å². The van der Waals surface area contributed by atoms with Crippen molar-refractivity contribution < 1.29 is 19.1 Å². The van der Waals surface area contributed by atoms with Crippen LogP contribution in [0, 0.1) is 5.92 Å². The zero-order chi connectivity index (χ0) is 16.7. The van der Waals surface area contributed by atoms with Gasteiger partial charge in [0.05, 0.1) is 5.92 Å². The molecule has 0 saturated heterocycles. The summed E-state index contributed by atoms with van der Waals surface area (Å²) < 4.78 is 10.8. The Labute approximate surface area is 129 Å². The maximum Gasteiger partial charge on any atom is 0.308 e. The number of hydrogen-bond acceptors (Lipinski definition) is 4. The fourth-order valence-corrected chi connectivity index (χ4v) is 1.69. The van der Waals surface area contributed by atoms with E-state index in [0.717, 1.165) is 25.7 Å². The molecule has 0 amide bonds. The first kappa shape index (κ1) is 19.9. The zero-order valence-corrected chi connectivity index (χ0v) is 14.7. The summed E-state index contributed by atoms with van der Waals surface area (Å²) in [6, 6.07) is 0. The average Bonchev–Trinajstić information content (AvgIpc) is 2.33. The molecule has 0 bridgehead atoms. The second-order valence-electron chi connectivity index (χ2n) is 7.13. The minimum absolute atomic E-state index is 0.115. The largest absolute Gasteiger partial charge is 0.460 e. The molecule has 0 atom stereocenters. The lowest BCUT2D eigenvalue weighted by molar-refractivity contribution is -0.162. The second kappa shape index (κ2) is 8.40. The summed E-state index contributed by atoms with van der Waals surface area (Å²) in [4.78, 5) is 23.3. The highest BCUT2D eigenvalue weighted by atomic mass is 16.6. The highest BCUT2D eigenvalue weighted by Crippen LogP contribution is 2.21. The molecule has 4 nitrogen and oxygen atoms in total. The van der Waals surface area contributed by atoms with E-state index < -0.39 is 5.60 Å². The highest BCUT2D eigenvalue weighted by molar-refractivity contribution is 5.72. The van der Waals surface area contributed by atoms with Gasteiger partial charge in [0.1, 0.15) is 11.2 Å². The lowest BCUT2D eigenvalue weighted by Gasteiger charge is -2.26. The van der Waals surface area contributed by atoms with Crippen LogP contribution in [-0.4, -0.2) is 23.1 Å². The highest BCUT2D eigenvalue weighted by Gasteiger charge is 2.24. The van der Waals surface area contributed by atoms with Gasteiger partial charge in [0.25, 0.3) is 0 Å². The third-order valence-corrected chi connectivity index (χ3v) is 3.50. The first-order valence-electron chi connectivity index (χ1n) is 7.94. The summed E-state index contributed by atoms with van der Waals surface area (Å²) in [5.41, 5.74) is -0.864. The maximum atomic E-state index is 11.7. The Kier molecular flexibility index (Phi) is 7.98. The van der Waals surface area contributed by atoms with Crippen LogP contribution in [0.1, 0.15) is 80.6 Å². The Hall–Kier alpha value is -1.06. The van der Waals surface area contributed by atoms with Gasteiger partial charge in [-0.05, 0) is 53.4 Å². The average molecular weight is 300 g/mol. The van der Waals surface area contributed by atoms with Crippen LogP contribution in [0.3, 0.4) is 0 Å². The third kappa shape index (κ3) is 9.48. The van der Waals surface area contributed by atoms with Crippen molar-refractivity contribution in [1.29, 1.82) is 0 Å². The molecule has 0 aliphatic heterocycles. The van der Waals surface area contributed by atoms with Crippen molar-refractivity contribution in [2.24, 2.45) is 5.92 Å². The molecule has 0 aromatic heterocycles. The summed E-state index contributed by atoms with van der Waals surface area (Å²) in [6.45, 7) is 13.3. The Balaban J connectivity index is 3.99. The summed E-state index contributed by atoms with van der Waals surface area (Å²) in [7, 11) is 0. The van der Waals surface area contributed by atoms with Gasteiger partial charge in [0.2, 0.25) is 0 Å². The van der Waals surface area contributed by atoms with E-state index in [-0.39, 0.29) is 23.5 Å². The molecule has 0 unspecified atom stereocenters. The predicted octanol–water partition coefficient (Wildman–Crippen LogP) is 4.26. The summed E-state index contributed by atoms with van der Waals surface area (Å²) in [6.07, 6.45) is 3.55. The topological polar surface area (TPSA) is 52.6 Å². The number of esters is 2. The van der Waals surface area contributed by atoms with Crippen molar-refractivity contribution in [2.75, 3.05) is 0 Å². The van der Waals surface area contributed by atoms with Gasteiger partial charge in [0, 0.05) is 6.42 Å². The van der Waals surface area contributed by atoms with E-state index in [9.17, 15) is 9.59 Å². The van der Waals surface area contributed by atoms with Crippen LogP contribution in [0.2, 0.25) is 0 Å². The molecule has 0 aliphatic rings. The first-order valence-corrected chi connectivity index (χ1v) is 7.94. The van der Waals surface area contributed by atoms with Crippen LogP contribution in [0.15, 0.2) is 0 Å². The molecule has 0 saturated carbocycles. The third-order valence-electron chi connectivity index (χ3n) is 3.50. The van der Waals surface area contributed by atoms with Crippen LogP contribution in [0.4, 0.5) is 0 Å². The van der Waals surface area contributed by atoms with E-state index in [1.54, 1.807) is 0 Å². The molecule has 0 aromatic rings. The molecule has 0 rings (SSSR count). The maximum absolute atomic E-state index is 11.7. The monoisotopic (exact) mass is 300 g/mol. The van der Waals surface area contributed by atoms with Crippen molar-refractivity contribution in [3.63, 3.8) is 0 Å². The van der Waals surface area contributed by atoms with E-state index in [0.29, 0.717) is 6.42 Å². The van der Waals surface area contributed by atoms with Gasteiger partial charge in [-0.25, -0.2) is 0 Å². The van der Waals surface area contributed by atoms with Crippen molar-refractivity contribution >= 4 is 11.9 Å². The summed E-state index contributed by atoms with van der Waals surface area (Å²) in [5.74, 6) is -0.446. The van der Waals surface area contributed by atoms with E-state index in [2.05, 4.69) is 0 Å². The van der Waals surface area contributed by atoms with Gasteiger partial charge in [-0.3, -0.25) is 9.59 Å². The number of hydrogen-bond donors (Lipinski definition) is 0. The smallest absolute Gasteiger partial charge is 0.308 e. The predicted molar refractivity (Wildman–Crippen MR) is 83.9 cm³/mol. The van der Waals surface area contributed by atoms with Crippen LogP contribution < -0.4 is 0 Å². The number of carbonyl (C=O) groups excluding carboxylic acids is 2. The molecule has 21 heavy (non-hydrogen) atoms. The number of rotatable bonds is 9. The standard InChI is InChI=1S/C17H32O4/c1-8-16(4,5)20-14(18)11-9-10-12-17(6,7)21-15(19)13(2)3/h13H,8-12H2,1-7H3. The van der Waals surface area contributed by atoms with Gasteiger partial charge in [-0.15, -0.1) is 0 Å². The lowest BCUT2D eigenvalue weighted by Crippen LogP contribution is -2.30. The Morgan fingerprint density at radius 1 is 0.952 bits per heavy atom. The van der Waals surface area contributed by atoms with E-state index in [4.69, 9.17) is 9.47 Å². The quantitative estimate of drug-likeness (QED) is 0.471. The minimum atomic E-state index is -0.478. The molecule has 0 fully saturated rings. The Morgan fingerprint density at radius 3 is 2.00 bits per heavy atom. The molecule has 0 N–H and O–H groups in total. The normalized spacial score (nSPS) is 12.4. The minimum Gasteiger partial charge on any atom is -0.460 e. The first-order chi connectivity index (χ1) is 9.49. The second-order valence-corrected chi connectivity index (χ2v) is 7.13. The van der Waals surface area contributed by atoms with Gasteiger partial charge >= 0.3 is 11.9 Å².